The van der Waals surface area contributed by atoms with Crippen LogP contribution in [0.3, 0.4) is 0 Å². The molecule has 1 saturated carbocycles. The predicted molar refractivity (Wildman–Crippen MR) is 116 cm³/mol. The molecule has 0 N–H and O–H groups in total. The van der Waals surface area contributed by atoms with Crippen LogP contribution in [0.1, 0.15) is 39.0 Å². The third-order valence-corrected chi connectivity index (χ3v) is 6.73. The van der Waals surface area contributed by atoms with Crippen LogP contribution < -0.4 is 4.90 Å². The third kappa shape index (κ3) is 4.92. The van der Waals surface area contributed by atoms with E-state index in [0.717, 1.165) is 70.6 Å². The van der Waals surface area contributed by atoms with E-state index in [1.165, 1.54) is 0 Å². The summed E-state index contributed by atoms with van der Waals surface area (Å²) >= 11 is 0. The third-order valence-electron chi connectivity index (χ3n) is 6.73. The van der Waals surface area contributed by atoms with Crippen molar-refractivity contribution in [2.75, 3.05) is 44.2 Å². The van der Waals surface area contributed by atoms with Crippen molar-refractivity contribution in [3.63, 3.8) is 0 Å². The maximum absolute atomic E-state index is 12.6. The average Bonchev–Trinajstić information content (AvgIpc) is 2.96. The molecule has 3 unspecified atom stereocenters. The van der Waals surface area contributed by atoms with Crippen LogP contribution in [0.25, 0.3) is 0 Å². The van der Waals surface area contributed by atoms with Gasteiger partial charge in [-0.3, -0.25) is 19.4 Å². The number of carbonyl (C=O) groups excluding carboxylic acids is 2. The van der Waals surface area contributed by atoms with Gasteiger partial charge in [0.05, 0.1) is 11.8 Å². The zero-order valence-electron chi connectivity index (χ0n) is 17.3. The average molecular weight is 421 g/mol. The van der Waals surface area contributed by atoms with Crippen LogP contribution >= 0.6 is 12.4 Å². The maximum Gasteiger partial charge on any atom is 0.233 e. The quantitative estimate of drug-likeness (QED) is 0.523. The molecule has 160 valence electrons. The van der Waals surface area contributed by atoms with Crippen molar-refractivity contribution in [2.24, 2.45) is 17.8 Å². The zero-order chi connectivity index (χ0) is 19.5. The van der Waals surface area contributed by atoms with E-state index in [4.69, 9.17) is 0 Å². The van der Waals surface area contributed by atoms with Crippen molar-refractivity contribution in [2.45, 2.75) is 39.0 Å². The predicted octanol–water partition coefficient (Wildman–Crippen LogP) is 2.83. The van der Waals surface area contributed by atoms with E-state index < -0.39 is 0 Å². The number of hydrogen-bond acceptors (Lipinski definition) is 5. The minimum atomic E-state index is -0.0316. The molecule has 3 atom stereocenters. The Kier molecular flexibility index (Phi) is 7.52. The minimum Gasteiger partial charge on any atom is -0.354 e. The highest BCUT2D eigenvalue weighted by molar-refractivity contribution is 6.05. The normalized spacial score (nSPS) is 27.7. The van der Waals surface area contributed by atoms with Crippen LogP contribution in [0.4, 0.5) is 5.82 Å². The lowest BCUT2D eigenvalue weighted by Crippen LogP contribution is -2.47. The number of hydrogen-bond donors (Lipinski definition) is 0. The lowest BCUT2D eigenvalue weighted by Gasteiger charge is -2.35. The second-order valence-corrected chi connectivity index (χ2v) is 8.68. The number of piperazine rings is 1. The van der Waals surface area contributed by atoms with Crippen LogP contribution in [0.5, 0.6) is 0 Å². The topological polar surface area (TPSA) is 56.8 Å². The van der Waals surface area contributed by atoms with Crippen molar-refractivity contribution in [1.29, 1.82) is 0 Å². The van der Waals surface area contributed by atoms with Crippen molar-refractivity contribution < 1.29 is 9.59 Å². The number of imide groups is 1. The van der Waals surface area contributed by atoms with E-state index in [2.05, 4.69) is 27.8 Å². The van der Waals surface area contributed by atoms with Crippen LogP contribution in [0.2, 0.25) is 0 Å². The van der Waals surface area contributed by atoms with Gasteiger partial charge in [0.2, 0.25) is 11.8 Å². The number of unbranched alkanes of at least 4 members (excludes halogenated alkanes) is 1. The molecule has 1 aromatic heterocycles. The van der Waals surface area contributed by atoms with Gasteiger partial charge in [0.15, 0.2) is 0 Å². The molecular formula is C22H33ClN4O2. The number of amides is 2. The fourth-order valence-corrected chi connectivity index (χ4v) is 5.03. The first-order chi connectivity index (χ1) is 13.6. The molecule has 29 heavy (non-hydrogen) atoms. The number of likely N-dealkylation sites (tertiary alicyclic amines) is 1. The molecule has 3 aliphatic rings. The van der Waals surface area contributed by atoms with E-state index >= 15 is 0 Å². The second kappa shape index (κ2) is 9.90. The molecular weight excluding hydrogens is 388 g/mol. The Bertz CT molecular complexity index is 693. The van der Waals surface area contributed by atoms with E-state index in [0.29, 0.717) is 12.5 Å². The maximum atomic E-state index is 12.6. The molecule has 3 heterocycles. The van der Waals surface area contributed by atoms with Crippen molar-refractivity contribution in [3.05, 3.63) is 24.4 Å². The molecule has 4 rings (SSSR count). The summed E-state index contributed by atoms with van der Waals surface area (Å²) in [5, 5.41) is 0. The molecule has 7 heteroatoms. The molecule has 1 aliphatic carbocycles. The summed E-state index contributed by atoms with van der Waals surface area (Å²) in [5.41, 5.74) is 0. The summed E-state index contributed by atoms with van der Waals surface area (Å²) in [4.78, 5) is 36.1. The Morgan fingerprint density at radius 3 is 2.41 bits per heavy atom. The number of rotatable bonds is 6. The highest BCUT2D eigenvalue weighted by atomic mass is 35.5. The number of halogens is 1. The largest absolute Gasteiger partial charge is 0.354 e. The van der Waals surface area contributed by atoms with Gasteiger partial charge in [0, 0.05) is 38.9 Å². The van der Waals surface area contributed by atoms with Gasteiger partial charge in [0.1, 0.15) is 5.82 Å². The number of nitrogens with zero attached hydrogens (tertiary/aromatic N) is 4. The van der Waals surface area contributed by atoms with Crippen molar-refractivity contribution in [3.8, 4) is 0 Å². The first-order valence-corrected chi connectivity index (χ1v) is 10.9. The van der Waals surface area contributed by atoms with Gasteiger partial charge < -0.3 is 4.90 Å². The van der Waals surface area contributed by atoms with Gasteiger partial charge in [-0.2, -0.15) is 0 Å². The Morgan fingerprint density at radius 1 is 0.966 bits per heavy atom. The van der Waals surface area contributed by atoms with E-state index in [1.54, 1.807) is 4.90 Å². The number of anilines is 1. The summed E-state index contributed by atoms with van der Waals surface area (Å²) in [6.45, 7) is 7.93. The Hall–Kier alpha value is -1.66. The number of pyridine rings is 1. The first kappa shape index (κ1) is 22.0. The molecule has 0 bridgehead atoms. The fraction of sp³-hybridized carbons (Fsp3) is 0.682. The van der Waals surface area contributed by atoms with Crippen molar-refractivity contribution >= 4 is 30.0 Å². The SMILES string of the molecule is CC1CCC2C(=O)N(CCCCN3CCN(c4ccccn4)CC3)C(=O)C2C1.Cl. The van der Waals surface area contributed by atoms with Crippen LogP contribution in [0, 0.1) is 17.8 Å². The lowest BCUT2D eigenvalue weighted by atomic mass is 9.76. The molecule has 3 fully saturated rings. The van der Waals surface area contributed by atoms with E-state index in [9.17, 15) is 9.59 Å². The summed E-state index contributed by atoms with van der Waals surface area (Å²) in [6.07, 6.45) is 6.66. The molecule has 2 saturated heterocycles. The summed E-state index contributed by atoms with van der Waals surface area (Å²) in [6, 6.07) is 6.05. The fourth-order valence-electron chi connectivity index (χ4n) is 5.03. The molecule has 2 aliphatic heterocycles. The monoisotopic (exact) mass is 420 g/mol. The smallest absolute Gasteiger partial charge is 0.233 e. The standard InChI is InChI=1S/C22H32N4O2.ClH/c1-17-7-8-18-19(16-17)22(28)26(21(18)27)11-5-4-10-24-12-14-25(15-13-24)20-6-2-3-9-23-20;/h2-3,6,9,17-19H,4-5,7-8,10-16H2,1H3;1H. The second-order valence-electron chi connectivity index (χ2n) is 8.68. The van der Waals surface area contributed by atoms with Crippen molar-refractivity contribution in [1.82, 2.24) is 14.8 Å². The van der Waals surface area contributed by atoms with E-state index in [-0.39, 0.29) is 36.1 Å². The lowest BCUT2D eigenvalue weighted by molar-refractivity contribution is -0.140. The Morgan fingerprint density at radius 2 is 1.69 bits per heavy atom. The van der Waals surface area contributed by atoms with E-state index in [1.807, 2.05) is 18.3 Å². The summed E-state index contributed by atoms with van der Waals surface area (Å²) in [5.74, 6) is 1.78. The molecule has 0 radical (unpaired) electrons. The van der Waals surface area contributed by atoms with Gasteiger partial charge in [-0.25, -0.2) is 4.98 Å². The highest BCUT2D eigenvalue weighted by Gasteiger charge is 2.48. The van der Waals surface area contributed by atoms with Crippen LogP contribution in [-0.4, -0.2) is 65.9 Å². The van der Waals surface area contributed by atoms with Gasteiger partial charge in [0.25, 0.3) is 0 Å². The molecule has 1 aromatic rings. The first-order valence-electron chi connectivity index (χ1n) is 10.9. The summed E-state index contributed by atoms with van der Waals surface area (Å²) in [7, 11) is 0. The Labute approximate surface area is 180 Å². The van der Waals surface area contributed by atoms with Crippen LogP contribution in [-0.2, 0) is 9.59 Å². The number of carbonyl (C=O) groups is 2. The zero-order valence-corrected chi connectivity index (χ0v) is 18.1. The minimum absolute atomic E-state index is 0. The molecule has 2 amide bonds. The molecule has 6 nitrogen and oxygen atoms in total. The highest BCUT2D eigenvalue weighted by Crippen LogP contribution is 2.40. The van der Waals surface area contributed by atoms with Gasteiger partial charge in [-0.05, 0) is 56.7 Å². The molecule has 0 aromatic carbocycles. The molecule has 0 spiro atoms. The number of fused-ring (bicyclic) bond motifs is 1. The van der Waals surface area contributed by atoms with Crippen LogP contribution in [0.15, 0.2) is 24.4 Å². The summed E-state index contributed by atoms with van der Waals surface area (Å²) < 4.78 is 0. The number of aromatic nitrogens is 1. The van der Waals surface area contributed by atoms with Gasteiger partial charge in [-0.15, -0.1) is 12.4 Å². The van der Waals surface area contributed by atoms with Gasteiger partial charge in [-0.1, -0.05) is 13.0 Å². The Balaban J connectivity index is 0.00000240. The van der Waals surface area contributed by atoms with Gasteiger partial charge >= 0.3 is 0 Å².